The fourth-order valence-corrected chi connectivity index (χ4v) is 4.58. The van der Waals surface area contributed by atoms with Crippen LogP contribution in [0.2, 0.25) is 18.1 Å². The quantitative estimate of drug-likeness (QED) is 0.298. The molecule has 0 aromatic heterocycles. The van der Waals surface area contributed by atoms with Crippen LogP contribution in [0.5, 0.6) is 5.75 Å². The maximum absolute atomic E-state index is 6.71. The highest BCUT2D eigenvalue weighted by Gasteiger charge is 2.38. The average Bonchev–Trinajstić information content (AvgIpc) is 2.77. The molecule has 0 N–H and O–H groups in total. The van der Waals surface area contributed by atoms with Crippen molar-refractivity contribution in [2.45, 2.75) is 84.0 Å². The molecule has 0 saturated heterocycles. The first-order valence-electron chi connectivity index (χ1n) is 12.0. The monoisotopic (exact) mass is 460 g/mol. The predicted molar refractivity (Wildman–Crippen MR) is 143 cm³/mol. The Morgan fingerprint density at radius 2 is 1.55 bits per heavy atom. The number of benzene rings is 2. The molecule has 0 spiro atoms. The van der Waals surface area contributed by atoms with Crippen LogP contribution in [0.3, 0.4) is 0 Å². The Morgan fingerprint density at radius 3 is 2.12 bits per heavy atom. The fraction of sp³-hybridized carbons (Fsp3) is 0.467. The van der Waals surface area contributed by atoms with Gasteiger partial charge in [-0.25, -0.2) is 0 Å². The van der Waals surface area contributed by atoms with E-state index in [1.54, 1.807) is 7.11 Å². The standard InChI is InChI=1S/C30H40O2Si/c1-8-9-19-27-24-26(22-23-29(27)31-5)18-14-21-28(32-33(6,7)30(2,3)4)20-13-17-25-15-11-10-12-16-25/h10-12,15-16,22-24,28H,8-9,19-21H2,1-7H3/t28-/m0/s1. The summed E-state index contributed by atoms with van der Waals surface area (Å²) in [5.41, 5.74) is 3.30. The lowest BCUT2D eigenvalue weighted by atomic mass is 10.0. The van der Waals surface area contributed by atoms with Crippen molar-refractivity contribution in [3.05, 3.63) is 65.2 Å². The molecule has 0 heterocycles. The first-order valence-corrected chi connectivity index (χ1v) is 14.9. The van der Waals surface area contributed by atoms with Gasteiger partial charge in [-0.2, -0.15) is 0 Å². The first kappa shape index (κ1) is 26.8. The van der Waals surface area contributed by atoms with Gasteiger partial charge in [0.2, 0.25) is 0 Å². The van der Waals surface area contributed by atoms with E-state index in [9.17, 15) is 0 Å². The molecule has 3 heteroatoms. The number of aryl methyl sites for hydroxylation is 1. The van der Waals surface area contributed by atoms with Crippen LogP contribution in [0.15, 0.2) is 48.5 Å². The molecular weight excluding hydrogens is 420 g/mol. The number of rotatable bonds is 8. The smallest absolute Gasteiger partial charge is 0.192 e. The van der Waals surface area contributed by atoms with Crippen molar-refractivity contribution in [1.82, 2.24) is 0 Å². The lowest BCUT2D eigenvalue weighted by Gasteiger charge is -2.38. The zero-order chi connectivity index (χ0) is 24.3. The SMILES string of the molecule is CCCCc1cc(C#CC[C@H](CC#Cc2ccccc2)O[Si](C)(C)C(C)(C)C)ccc1OC. The van der Waals surface area contributed by atoms with Crippen LogP contribution in [0.25, 0.3) is 0 Å². The Bertz CT molecular complexity index is 995. The van der Waals surface area contributed by atoms with Crippen LogP contribution in [0.1, 0.15) is 70.1 Å². The molecule has 0 aliphatic heterocycles. The summed E-state index contributed by atoms with van der Waals surface area (Å²) in [6.45, 7) is 13.6. The molecule has 0 unspecified atom stereocenters. The van der Waals surface area contributed by atoms with E-state index in [-0.39, 0.29) is 11.1 Å². The maximum Gasteiger partial charge on any atom is 0.192 e. The molecule has 0 saturated carbocycles. The summed E-state index contributed by atoms with van der Waals surface area (Å²) in [7, 11) is -0.183. The predicted octanol–water partition coefficient (Wildman–Crippen LogP) is 7.61. The minimum Gasteiger partial charge on any atom is -0.496 e. The van der Waals surface area contributed by atoms with Gasteiger partial charge in [0.05, 0.1) is 13.2 Å². The van der Waals surface area contributed by atoms with E-state index in [1.165, 1.54) is 5.56 Å². The first-order chi connectivity index (χ1) is 15.7. The Balaban J connectivity index is 2.18. The second-order valence-electron chi connectivity index (χ2n) is 10.0. The summed E-state index contributed by atoms with van der Waals surface area (Å²) in [5, 5.41) is 0.149. The number of ether oxygens (including phenoxy) is 1. The second-order valence-corrected chi connectivity index (χ2v) is 14.8. The van der Waals surface area contributed by atoms with E-state index in [0.717, 1.165) is 36.1 Å². The van der Waals surface area contributed by atoms with Gasteiger partial charge in [0.25, 0.3) is 0 Å². The van der Waals surface area contributed by atoms with Crippen LogP contribution >= 0.6 is 0 Å². The van der Waals surface area contributed by atoms with Crippen molar-refractivity contribution in [3.8, 4) is 29.4 Å². The van der Waals surface area contributed by atoms with E-state index >= 15 is 0 Å². The second kappa shape index (κ2) is 12.7. The molecule has 2 aromatic carbocycles. The summed E-state index contributed by atoms with van der Waals surface area (Å²) in [4.78, 5) is 0. The van der Waals surface area contributed by atoms with Gasteiger partial charge in [0.1, 0.15) is 5.75 Å². The highest BCUT2D eigenvalue weighted by atomic mass is 28.4. The van der Waals surface area contributed by atoms with Gasteiger partial charge in [0.15, 0.2) is 8.32 Å². The number of unbranched alkanes of at least 4 members (excludes halogenated alkanes) is 1. The van der Waals surface area contributed by atoms with Gasteiger partial charge in [-0.1, -0.05) is 76.0 Å². The van der Waals surface area contributed by atoms with Crippen molar-refractivity contribution in [1.29, 1.82) is 0 Å². The summed E-state index contributed by atoms with van der Waals surface area (Å²) in [6, 6.07) is 16.4. The average molecular weight is 461 g/mol. The Labute approximate surface area is 203 Å². The molecular formula is C30H40O2Si. The molecule has 176 valence electrons. The van der Waals surface area contributed by atoms with Gasteiger partial charge < -0.3 is 9.16 Å². The van der Waals surface area contributed by atoms with Crippen molar-refractivity contribution in [2.24, 2.45) is 0 Å². The van der Waals surface area contributed by atoms with Crippen molar-refractivity contribution >= 4 is 8.32 Å². The minimum absolute atomic E-state index is 0.00686. The van der Waals surface area contributed by atoms with E-state index in [4.69, 9.17) is 9.16 Å². The van der Waals surface area contributed by atoms with Crippen molar-refractivity contribution in [3.63, 3.8) is 0 Å². The van der Waals surface area contributed by atoms with Crippen LogP contribution in [0, 0.1) is 23.7 Å². The molecule has 0 fully saturated rings. The molecule has 33 heavy (non-hydrogen) atoms. The van der Waals surface area contributed by atoms with Gasteiger partial charge >= 0.3 is 0 Å². The Hall–Kier alpha value is -2.46. The molecule has 2 aromatic rings. The van der Waals surface area contributed by atoms with E-state index in [0.29, 0.717) is 12.8 Å². The van der Waals surface area contributed by atoms with Gasteiger partial charge in [-0.05, 0) is 66.9 Å². The summed E-state index contributed by atoms with van der Waals surface area (Å²) in [5.74, 6) is 14.3. The zero-order valence-corrected chi connectivity index (χ0v) is 22.5. The van der Waals surface area contributed by atoms with Crippen molar-refractivity contribution in [2.75, 3.05) is 7.11 Å². The van der Waals surface area contributed by atoms with E-state index in [1.807, 2.05) is 42.5 Å². The highest BCUT2D eigenvalue weighted by Crippen LogP contribution is 2.38. The molecule has 0 bridgehead atoms. The third kappa shape index (κ3) is 8.77. The van der Waals surface area contributed by atoms with Gasteiger partial charge in [0, 0.05) is 24.0 Å². The van der Waals surface area contributed by atoms with Gasteiger partial charge in [-0.15, -0.1) is 0 Å². The van der Waals surface area contributed by atoms with Crippen molar-refractivity contribution < 1.29 is 9.16 Å². The third-order valence-corrected chi connectivity index (χ3v) is 10.8. The van der Waals surface area contributed by atoms with Crippen LogP contribution < -0.4 is 4.74 Å². The molecule has 1 atom stereocenters. The molecule has 2 rings (SSSR count). The lowest BCUT2D eigenvalue weighted by Crippen LogP contribution is -2.43. The van der Waals surface area contributed by atoms with Crippen LogP contribution in [-0.4, -0.2) is 21.5 Å². The van der Waals surface area contributed by atoms with Crippen LogP contribution in [-0.2, 0) is 10.8 Å². The molecule has 0 amide bonds. The molecule has 2 nitrogen and oxygen atoms in total. The summed E-state index contributed by atoms with van der Waals surface area (Å²) in [6.07, 6.45) is 4.69. The third-order valence-electron chi connectivity index (χ3n) is 6.25. The highest BCUT2D eigenvalue weighted by molar-refractivity contribution is 6.74. The normalized spacial score (nSPS) is 12.2. The Kier molecular flexibility index (Phi) is 10.3. The number of hydrogen-bond donors (Lipinski definition) is 0. The van der Waals surface area contributed by atoms with E-state index in [2.05, 4.69) is 70.5 Å². The molecule has 0 radical (unpaired) electrons. The topological polar surface area (TPSA) is 18.5 Å². The van der Waals surface area contributed by atoms with Gasteiger partial charge in [-0.3, -0.25) is 0 Å². The molecule has 0 aliphatic rings. The summed E-state index contributed by atoms with van der Waals surface area (Å²) < 4.78 is 12.2. The minimum atomic E-state index is -1.91. The lowest BCUT2D eigenvalue weighted by molar-refractivity contribution is 0.191. The molecule has 0 aliphatic carbocycles. The number of methoxy groups -OCH3 is 1. The maximum atomic E-state index is 6.71. The zero-order valence-electron chi connectivity index (χ0n) is 21.5. The largest absolute Gasteiger partial charge is 0.496 e. The van der Waals surface area contributed by atoms with Crippen LogP contribution in [0.4, 0.5) is 0 Å². The summed E-state index contributed by atoms with van der Waals surface area (Å²) >= 11 is 0. The Morgan fingerprint density at radius 1 is 0.909 bits per heavy atom. The fourth-order valence-electron chi connectivity index (χ4n) is 3.22. The van der Waals surface area contributed by atoms with E-state index < -0.39 is 8.32 Å². The number of hydrogen-bond acceptors (Lipinski definition) is 2.